The van der Waals surface area contributed by atoms with Gasteiger partial charge in [0.25, 0.3) is 0 Å². The zero-order chi connectivity index (χ0) is 17.9. The van der Waals surface area contributed by atoms with Gasteiger partial charge in [-0.3, -0.25) is 9.97 Å². The summed E-state index contributed by atoms with van der Waals surface area (Å²) in [6, 6.07) is 16.4. The summed E-state index contributed by atoms with van der Waals surface area (Å²) >= 11 is 0. The molecule has 3 aromatic rings. The quantitative estimate of drug-likeness (QED) is 0.622. The summed E-state index contributed by atoms with van der Waals surface area (Å²) in [5.41, 5.74) is 6.81. The highest BCUT2D eigenvalue weighted by Crippen LogP contribution is 2.66. The van der Waals surface area contributed by atoms with Gasteiger partial charge in [-0.1, -0.05) is 39.0 Å². The minimum absolute atomic E-state index is 0.409. The van der Waals surface area contributed by atoms with Crippen LogP contribution < -0.4 is 0 Å². The predicted octanol–water partition coefficient (Wildman–Crippen LogP) is 5.45. The van der Waals surface area contributed by atoms with Crippen LogP contribution in [0.25, 0.3) is 22.8 Å². The lowest BCUT2D eigenvalue weighted by Crippen LogP contribution is -2.50. The Morgan fingerprint density at radius 3 is 2.31 bits per heavy atom. The maximum Gasteiger partial charge on any atom is 0.0894 e. The topological polar surface area (TPSA) is 38.7 Å². The number of hydrogen-bond acceptors (Lipinski definition) is 3. The predicted molar refractivity (Wildman–Crippen MR) is 104 cm³/mol. The summed E-state index contributed by atoms with van der Waals surface area (Å²) in [7, 11) is 0. The Labute approximate surface area is 154 Å². The van der Waals surface area contributed by atoms with Crippen LogP contribution in [-0.4, -0.2) is 15.0 Å². The van der Waals surface area contributed by atoms with E-state index in [2.05, 4.69) is 37.9 Å². The summed E-state index contributed by atoms with van der Waals surface area (Å²) in [5.74, 6) is 1.92. The van der Waals surface area contributed by atoms with Gasteiger partial charge >= 0.3 is 0 Å². The lowest BCUT2D eigenvalue weighted by atomic mass is 9.45. The van der Waals surface area contributed by atoms with E-state index < -0.39 is 0 Å². The number of hydrogen-bond donors (Lipinski definition) is 0. The third kappa shape index (κ3) is 2.16. The van der Waals surface area contributed by atoms with E-state index in [0.717, 1.165) is 28.7 Å². The Balaban J connectivity index is 1.56. The molecule has 2 bridgehead atoms. The molecule has 3 aromatic heterocycles. The Kier molecular flexibility index (Phi) is 3.30. The van der Waals surface area contributed by atoms with Gasteiger partial charge in [-0.2, -0.15) is 0 Å². The average molecular weight is 341 g/mol. The highest BCUT2D eigenvalue weighted by molar-refractivity contribution is 5.62. The standard InChI is InChI=1S/C23H23N3/c1-14-16-13-17(23(16,2)3)15-10-11-21(26-22(14)15)20-9-6-8-19(25-20)18-7-4-5-12-24-18/h4-12,14,16-17H,13H2,1-3H3/t14-,16+,17-/m0/s1. The van der Waals surface area contributed by atoms with Crippen LogP contribution in [0.5, 0.6) is 0 Å². The molecule has 0 N–H and O–H groups in total. The average Bonchev–Trinajstić information content (AvgIpc) is 2.68. The largest absolute Gasteiger partial charge is 0.255 e. The molecule has 3 nitrogen and oxygen atoms in total. The highest BCUT2D eigenvalue weighted by Gasteiger charge is 2.56. The molecule has 0 aliphatic heterocycles. The van der Waals surface area contributed by atoms with Crippen LogP contribution >= 0.6 is 0 Å². The molecular formula is C23H23N3. The van der Waals surface area contributed by atoms with E-state index in [9.17, 15) is 0 Å². The Morgan fingerprint density at radius 2 is 1.58 bits per heavy atom. The Morgan fingerprint density at radius 1 is 0.846 bits per heavy atom. The van der Waals surface area contributed by atoms with Crippen molar-refractivity contribution in [3.05, 3.63) is 66.0 Å². The molecule has 26 heavy (non-hydrogen) atoms. The van der Waals surface area contributed by atoms with Crippen LogP contribution in [0, 0.1) is 11.3 Å². The third-order valence-corrected chi connectivity index (χ3v) is 6.65. The SMILES string of the molecule is C[C@@H]1c2nc(-c3cccc(-c4ccccn4)n3)ccc2[C@@H]2C[C@H]1C2(C)C. The van der Waals surface area contributed by atoms with Crippen molar-refractivity contribution in [3.8, 4) is 22.8 Å². The summed E-state index contributed by atoms with van der Waals surface area (Å²) in [6.45, 7) is 7.17. The van der Waals surface area contributed by atoms with Crippen LogP contribution in [0.2, 0.25) is 0 Å². The van der Waals surface area contributed by atoms with Gasteiger partial charge in [0, 0.05) is 17.8 Å². The molecular weight excluding hydrogens is 318 g/mol. The van der Waals surface area contributed by atoms with Crippen molar-refractivity contribution in [2.24, 2.45) is 11.3 Å². The van der Waals surface area contributed by atoms with Crippen molar-refractivity contribution >= 4 is 0 Å². The fourth-order valence-corrected chi connectivity index (χ4v) is 5.05. The lowest BCUT2D eigenvalue weighted by molar-refractivity contribution is -0.00271. The van der Waals surface area contributed by atoms with Gasteiger partial charge in [0.15, 0.2) is 0 Å². The normalized spacial score (nSPS) is 25.3. The molecule has 0 spiro atoms. The first kappa shape index (κ1) is 15.7. The molecule has 0 radical (unpaired) electrons. The smallest absolute Gasteiger partial charge is 0.0894 e. The summed E-state index contributed by atoms with van der Waals surface area (Å²) < 4.78 is 0. The Hall–Kier alpha value is -2.55. The van der Waals surface area contributed by atoms with Crippen LogP contribution in [-0.2, 0) is 0 Å². The molecule has 1 fully saturated rings. The van der Waals surface area contributed by atoms with Gasteiger partial charge in [-0.25, -0.2) is 4.98 Å². The molecule has 0 saturated heterocycles. The summed E-state index contributed by atoms with van der Waals surface area (Å²) in [5, 5.41) is 0. The molecule has 3 heterocycles. The van der Waals surface area contributed by atoms with E-state index in [0.29, 0.717) is 17.3 Å². The molecule has 1 saturated carbocycles. The molecule has 3 atom stereocenters. The number of rotatable bonds is 2. The fourth-order valence-electron chi connectivity index (χ4n) is 5.05. The van der Waals surface area contributed by atoms with Gasteiger partial charge < -0.3 is 0 Å². The molecule has 0 amide bonds. The van der Waals surface area contributed by atoms with E-state index in [4.69, 9.17) is 9.97 Å². The molecule has 3 aliphatic carbocycles. The van der Waals surface area contributed by atoms with Crippen LogP contribution in [0.15, 0.2) is 54.7 Å². The maximum absolute atomic E-state index is 5.06. The van der Waals surface area contributed by atoms with Crippen molar-refractivity contribution in [1.82, 2.24) is 15.0 Å². The minimum atomic E-state index is 0.409. The first-order valence-corrected chi connectivity index (χ1v) is 9.45. The zero-order valence-electron chi connectivity index (χ0n) is 15.5. The number of aromatic nitrogens is 3. The van der Waals surface area contributed by atoms with Crippen molar-refractivity contribution in [2.75, 3.05) is 0 Å². The van der Waals surface area contributed by atoms with Crippen LogP contribution in [0.1, 0.15) is 50.3 Å². The van der Waals surface area contributed by atoms with E-state index in [1.54, 1.807) is 6.20 Å². The van der Waals surface area contributed by atoms with E-state index in [-0.39, 0.29) is 0 Å². The summed E-state index contributed by atoms with van der Waals surface area (Å²) in [6.07, 6.45) is 3.12. The van der Waals surface area contributed by atoms with Crippen molar-refractivity contribution in [3.63, 3.8) is 0 Å². The van der Waals surface area contributed by atoms with Crippen LogP contribution in [0.3, 0.4) is 0 Å². The minimum Gasteiger partial charge on any atom is -0.255 e. The molecule has 6 rings (SSSR count). The first-order valence-electron chi connectivity index (χ1n) is 9.45. The fraction of sp³-hybridized carbons (Fsp3) is 0.348. The maximum atomic E-state index is 5.06. The van der Waals surface area contributed by atoms with Gasteiger partial charge in [0.2, 0.25) is 0 Å². The zero-order valence-corrected chi connectivity index (χ0v) is 15.5. The van der Waals surface area contributed by atoms with Crippen molar-refractivity contribution in [2.45, 2.75) is 39.0 Å². The molecule has 0 aromatic carbocycles. The Bertz CT molecular complexity index is 978. The van der Waals surface area contributed by atoms with Gasteiger partial charge in [0.05, 0.1) is 22.8 Å². The number of pyridine rings is 3. The van der Waals surface area contributed by atoms with Crippen LogP contribution in [0.4, 0.5) is 0 Å². The second kappa shape index (κ2) is 5.47. The number of nitrogens with zero attached hydrogens (tertiary/aromatic N) is 3. The molecule has 0 unspecified atom stereocenters. The molecule has 130 valence electrons. The lowest BCUT2D eigenvalue weighted by Gasteiger charge is -2.59. The molecule has 3 heteroatoms. The second-order valence-corrected chi connectivity index (χ2v) is 8.30. The van der Waals surface area contributed by atoms with Crippen molar-refractivity contribution in [1.29, 1.82) is 0 Å². The van der Waals surface area contributed by atoms with Gasteiger partial charge in [0.1, 0.15) is 0 Å². The van der Waals surface area contributed by atoms with Crippen molar-refractivity contribution < 1.29 is 0 Å². The third-order valence-electron chi connectivity index (χ3n) is 6.65. The van der Waals surface area contributed by atoms with E-state index in [1.807, 2.05) is 36.4 Å². The van der Waals surface area contributed by atoms with E-state index >= 15 is 0 Å². The first-order chi connectivity index (χ1) is 12.6. The van der Waals surface area contributed by atoms with Gasteiger partial charge in [-0.05, 0) is 59.6 Å². The second-order valence-electron chi connectivity index (χ2n) is 8.30. The summed E-state index contributed by atoms with van der Waals surface area (Å²) in [4.78, 5) is 14.3. The van der Waals surface area contributed by atoms with E-state index in [1.165, 1.54) is 17.7 Å². The highest BCUT2D eigenvalue weighted by atomic mass is 14.8. The monoisotopic (exact) mass is 341 g/mol. The van der Waals surface area contributed by atoms with Gasteiger partial charge in [-0.15, -0.1) is 0 Å². The molecule has 3 aliphatic rings.